The molecule has 6 nitrogen and oxygen atoms in total. The fourth-order valence-electron chi connectivity index (χ4n) is 2.92. The van der Waals surface area contributed by atoms with Crippen LogP contribution in [0, 0.1) is 12.7 Å². The normalized spacial score (nSPS) is 11.0. The number of hydrogen-bond donors (Lipinski definition) is 1. The van der Waals surface area contributed by atoms with Gasteiger partial charge in [-0.25, -0.2) is 9.37 Å². The summed E-state index contributed by atoms with van der Waals surface area (Å²) in [7, 11) is 0. The first-order chi connectivity index (χ1) is 14.5. The maximum Gasteiger partial charge on any atom is 0.236 e. The summed E-state index contributed by atoms with van der Waals surface area (Å²) in [6.07, 6.45) is 1.77. The van der Waals surface area contributed by atoms with Crippen LogP contribution in [0.15, 0.2) is 60.3 Å². The van der Waals surface area contributed by atoms with E-state index in [1.54, 1.807) is 12.1 Å². The number of thiazole rings is 1. The van der Waals surface area contributed by atoms with Crippen molar-refractivity contribution in [3.8, 4) is 11.4 Å². The number of benzene rings is 2. The Kier molecular flexibility index (Phi) is 5.91. The van der Waals surface area contributed by atoms with E-state index in [1.807, 2.05) is 35.8 Å². The number of anilines is 1. The summed E-state index contributed by atoms with van der Waals surface area (Å²) in [5.41, 5.74) is 2.74. The molecule has 0 radical (unpaired) electrons. The lowest BCUT2D eigenvalue weighted by molar-refractivity contribution is -0.113. The van der Waals surface area contributed by atoms with E-state index in [1.165, 1.54) is 35.2 Å². The predicted octanol–water partition coefficient (Wildman–Crippen LogP) is 4.92. The molecule has 0 saturated heterocycles. The van der Waals surface area contributed by atoms with Crippen LogP contribution in [0.5, 0.6) is 0 Å². The second-order valence-corrected chi connectivity index (χ2v) is 8.52. The van der Waals surface area contributed by atoms with Gasteiger partial charge in [0.15, 0.2) is 16.1 Å². The molecule has 0 fully saturated rings. The molecule has 0 aliphatic heterocycles. The zero-order valence-corrected chi connectivity index (χ0v) is 17.8. The average molecular weight is 440 g/mol. The number of nitrogens with zero attached hydrogens (tertiary/aromatic N) is 4. The smallest absolute Gasteiger partial charge is 0.236 e. The van der Waals surface area contributed by atoms with Gasteiger partial charge < -0.3 is 5.32 Å². The van der Waals surface area contributed by atoms with Gasteiger partial charge in [0.1, 0.15) is 5.82 Å². The molecule has 0 bridgehead atoms. The monoisotopic (exact) mass is 439 g/mol. The minimum atomic E-state index is -0.328. The molecule has 2 aromatic carbocycles. The third-order valence-electron chi connectivity index (χ3n) is 4.23. The van der Waals surface area contributed by atoms with E-state index >= 15 is 0 Å². The summed E-state index contributed by atoms with van der Waals surface area (Å²) in [6, 6.07) is 12.4. The number of carbonyl (C=O) groups excluding carboxylic acids is 1. The maximum atomic E-state index is 13.3. The van der Waals surface area contributed by atoms with Gasteiger partial charge in [-0.1, -0.05) is 52.9 Å². The van der Waals surface area contributed by atoms with E-state index in [9.17, 15) is 9.18 Å². The van der Waals surface area contributed by atoms with E-state index in [-0.39, 0.29) is 17.5 Å². The molecule has 0 unspecified atom stereocenters. The Balaban J connectivity index is 1.47. The molecule has 0 atom stereocenters. The van der Waals surface area contributed by atoms with Crippen LogP contribution in [0.3, 0.4) is 0 Å². The highest BCUT2D eigenvalue weighted by Gasteiger charge is 2.16. The number of carbonyl (C=O) groups is 1. The van der Waals surface area contributed by atoms with Crippen LogP contribution in [-0.4, -0.2) is 31.4 Å². The third kappa shape index (κ3) is 4.42. The molecule has 4 aromatic rings. The molecular weight excluding hydrogens is 421 g/mol. The molecule has 1 N–H and O–H groups in total. The van der Waals surface area contributed by atoms with Gasteiger partial charge in [0.05, 0.1) is 16.0 Å². The van der Waals surface area contributed by atoms with Crippen molar-refractivity contribution in [3.63, 3.8) is 0 Å². The SMILES string of the molecule is C=CCn1c(SCC(=O)Nc2nc3ccc(F)cc3s2)nnc1-c1cccc(C)c1. The fourth-order valence-corrected chi connectivity index (χ4v) is 4.58. The number of aryl methyl sites for hydroxylation is 1. The molecular formula is C21H18FN5OS2. The average Bonchev–Trinajstić information content (AvgIpc) is 3.29. The summed E-state index contributed by atoms with van der Waals surface area (Å²) < 4.78 is 15.9. The third-order valence-corrected chi connectivity index (χ3v) is 6.13. The minimum absolute atomic E-state index is 0.146. The van der Waals surface area contributed by atoms with Crippen molar-refractivity contribution >= 4 is 44.4 Å². The molecule has 4 rings (SSSR count). The number of hydrogen-bond acceptors (Lipinski definition) is 6. The number of thioether (sulfide) groups is 1. The van der Waals surface area contributed by atoms with Gasteiger partial charge in [-0.3, -0.25) is 9.36 Å². The predicted molar refractivity (Wildman–Crippen MR) is 119 cm³/mol. The van der Waals surface area contributed by atoms with Crippen molar-refractivity contribution in [2.75, 3.05) is 11.1 Å². The number of halogens is 1. The van der Waals surface area contributed by atoms with Crippen LogP contribution < -0.4 is 5.32 Å². The van der Waals surface area contributed by atoms with Crippen LogP contribution >= 0.6 is 23.1 Å². The molecule has 0 aliphatic carbocycles. The Hall–Kier alpha value is -3.04. The van der Waals surface area contributed by atoms with Crippen molar-refractivity contribution in [2.45, 2.75) is 18.6 Å². The van der Waals surface area contributed by atoms with E-state index in [2.05, 4.69) is 27.1 Å². The molecule has 9 heteroatoms. The summed E-state index contributed by atoms with van der Waals surface area (Å²) in [4.78, 5) is 16.7. The van der Waals surface area contributed by atoms with E-state index < -0.39 is 0 Å². The standard InChI is InChI=1S/C21H18FN5OS2/c1-3-9-27-19(14-6-4-5-13(2)10-14)25-26-21(27)29-12-18(28)24-20-23-16-8-7-15(22)11-17(16)30-20/h3-8,10-11H,1,9,12H2,2H3,(H,23,24,28). The molecule has 2 aromatic heterocycles. The Labute approximate surface area is 180 Å². The number of amides is 1. The molecule has 0 spiro atoms. The van der Waals surface area contributed by atoms with Crippen LogP contribution in [0.25, 0.3) is 21.6 Å². The van der Waals surface area contributed by atoms with Crippen LogP contribution in [0.1, 0.15) is 5.56 Å². The summed E-state index contributed by atoms with van der Waals surface area (Å²) >= 11 is 2.53. The minimum Gasteiger partial charge on any atom is -0.301 e. The highest BCUT2D eigenvalue weighted by atomic mass is 32.2. The van der Waals surface area contributed by atoms with Crippen molar-refractivity contribution < 1.29 is 9.18 Å². The van der Waals surface area contributed by atoms with Gasteiger partial charge >= 0.3 is 0 Å². The molecule has 2 heterocycles. The van der Waals surface area contributed by atoms with Crippen LogP contribution in [0.2, 0.25) is 0 Å². The van der Waals surface area contributed by atoms with Gasteiger partial charge in [-0.15, -0.1) is 16.8 Å². The largest absolute Gasteiger partial charge is 0.301 e. The number of fused-ring (bicyclic) bond motifs is 1. The fraction of sp³-hybridized carbons (Fsp3) is 0.143. The zero-order chi connectivity index (χ0) is 21.1. The first kappa shape index (κ1) is 20.2. The quantitative estimate of drug-likeness (QED) is 0.327. The number of nitrogens with one attached hydrogen (secondary N) is 1. The molecule has 0 saturated carbocycles. The van der Waals surface area contributed by atoms with Gasteiger partial charge in [0, 0.05) is 12.1 Å². The van der Waals surface area contributed by atoms with Crippen molar-refractivity contribution in [1.82, 2.24) is 19.7 Å². The van der Waals surface area contributed by atoms with Gasteiger partial charge in [0.25, 0.3) is 0 Å². The van der Waals surface area contributed by atoms with Crippen LogP contribution in [-0.2, 0) is 11.3 Å². The topological polar surface area (TPSA) is 72.7 Å². The van der Waals surface area contributed by atoms with E-state index in [0.717, 1.165) is 17.0 Å². The van der Waals surface area contributed by atoms with E-state index in [0.29, 0.717) is 27.0 Å². The zero-order valence-electron chi connectivity index (χ0n) is 16.1. The van der Waals surface area contributed by atoms with Gasteiger partial charge in [-0.2, -0.15) is 0 Å². The maximum absolute atomic E-state index is 13.3. The lowest BCUT2D eigenvalue weighted by Crippen LogP contribution is -2.14. The Bertz CT molecular complexity index is 1230. The second kappa shape index (κ2) is 8.76. The highest BCUT2D eigenvalue weighted by Crippen LogP contribution is 2.28. The van der Waals surface area contributed by atoms with Crippen molar-refractivity contribution in [3.05, 3.63) is 66.5 Å². The summed E-state index contributed by atoms with van der Waals surface area (Å²) in [5.74, 6) is 0.331. The lowest BCUT2D eigenvalue weighted by atomic mass is 10.1. The Morgan fingerprint density at radius 1 is 1.30 bits per heavy atom. The number of aromatic nitrogens is 4. The Morgan fingerprint density at radius 2 is 2.17 bits per heavy atom. The number of rotatable bonds is 7. The summed E-state index contributed by atoms with van der Waals surface area (Å²) in [5, 5.41) is 12.4. The van der Waals surface area contributed by atoms with Crippen LogP contribution in [0.4, 0.5) is 9.52 Å². The summed E-state index contributed by atoms with van der Waals surface area (Å²) in [6.45, 7) is 6.36. The van der Waals surface area contributed by atoms with Crippen molar-refractivity contribution in [1.29, 1.82) is 0 Å². The molecule has 1 amide bonds. The van der Waals surface area contributed by atoms with Crippen molar-refractivity contribution in [2.24, 2.45) is 0 Å². The van der Waals surface area contributed by atoms with Gasteiger partial charge in [-0.05, 0) is 31.2 Å². The molecule has 152 valence electrons. The first-order valence-corrected chi connectivity index (χ1v) is 10.9. The highest BCUT2D eigenvalue weighted by molar-refractivity contribution is 7.99. The van der Waals surface area contributed by atoms with E-state index in [4.69, 9.17) is 0 Å². The second-order valence-electron chi connectivity index (χ2n) is 6.54. The van der Waals surface area contributed by atoms with Gasteiger partial charge in [0.2, 0.25) is 5.91 Å². The Morgan fingerprint density at radius 3 is 2.97 bits per heavy atom. The first-order valence-electron chi connectivity index (χ1n) is 9.13. The number of allylic oxidation sites excluding steroid dienone is 1. The lowest BCUT2D eigenvalue weighted by Gasteiger charge is -2.08. The molecule has 0 aliphatic rings. The molecule has 30 heavy (non-hydrogen) atoms.